The van der Waals surface area contributed by atoms with Crippen LogP contribution in [0, 0.1) is 5.92 Å². The summed E-state index contributed by atoms with van der Waals surface area (Å²) in [4.78, 5) is 31.7. The molecular formula is C29H46N4O2. The lowest BCUT2D eigenvalue weighted by atomic mass is 9.79. The second kappa shape index (κ2) is 11.0. The first kappa shape index (κ1) is 26.2. The van der Waals surface area contributed by atoms with Crippen molar-refractivity contribution in [2.24, 2.45) is 11.7 Å². The van der Waals surface area contributed by atoms with Gasteiger partial charge >= 0.3 is 0 Å². The molecule has 0 radical (unpaired) electrons. The molecule has 0 bridgehead atoms. The number of amides is 2. The highest BCUT2D eigenvalue weighted by Crippen LogP contribution is 2.36. The van der Waals surface area contributed by atoms with E-state index < -0.39 is 5.54 Å². The smallest absolute Gasteiger partial charge is 0.246 e. The largest absolute Gasteiger partial charge is 0.342 e. The number of piperazine rings is 1. The topological polar surface area (TPSA) is 78.7 Å². The Morgan fingerprint density at radius 3 is 2.31 bits per heavy atom. The number of carbonyl (C=O) groups excluding carboxylic acids is 2. The molecule has 2 saturated heterocycles. The van der Waals surface area contributed by atoms with Crippen molar-refractivity contribution in [1.82, 2.24) is 15.1 Å². The van der Waals surface area contributed by atoms with E-state index in [-0.39, 0.29) is 23.4 Å². The maximum atomic E-state index is 13.7. The Morgan fingerprint density at radius 1 is 1.06 bits per heavy atom. The lowest BCUT2D eigenvalue weighted by Crippen LogP contribution is -2.73. The lowest BCUT2D eigenvalue weighted by molar-refractivity contribution is -0.162. The van der Waals surface area contributed by atoms with E-state index in [1.54, 1.807) is 0 Å². The highest BCUT2D eigenvalue weighted by atomic mass is 16.2. The highest BCUT2D eigenvalue weighted by Gasteiger charge is 2.53. The fourth-order valence-electron chi connectivity index (χ4n) is 6.31. The van der Waals surface area contributed by atoms with Gasteiger partial charge in [0, 0.05) is 31.7 Å². The summed E-state index contributed by atoms with van der Waals surface area (Å²) < 4.78 is 0. The average molecular weight is 483 g/mol. The maximum Gasteiger partial charge on any atom is 0.246 e. The van der Waals surface area contributed by atoms with Gasteiger partial charge in [-0.1, -0.05) is 69.7 Å². The van der Waals surface area contributed by atoms with E-state index in [4.69, 9.17) is 5.73 Å². The molecule has 2 amide bonds. The number of carbonyl (C=O) groups is 2. The summed E-state index contributed by atoms with van der Waals surface area (Å²) >= 11 is 0. The molecule has 4 rings (SSSR count). The molecule has 2 heterocycles. The van der Waals surface area contributed by atoms with Gasteiger partial charge in [-0.15, -0.1) is 0 Å². The molecule has 2 aliphatic heterocycles. The summed E-state index contributed by atoms with van der Waals surface area (Å²) in [7, 11) is 0. The molecule has 1 aromatic carbocycles. The number of unbranched alkanes of at least 4 members (excludes halogenated alkanes) is 1. The van der Waals surface area contributed by atoms with Crippen molar-refractivity contribution in [2.45, 2.75) is 109 Å². The second-order valence-corrected chi connectivity index (χ2v) is 11.8. The fourth-order valence-corrected chi connectivity index (χ4v) is 6.31. The molecule has 6 heteroatoms. The molecule has 194 valence electrons. The van der Waals surface area contributed by atoms with Gasteiger partial charge in [0.1, 0.15) is 11.6 Å². The monoisotopic (exact) mass is 482 g/mol. The van der Waals surface area contributed by atoms with E-state index in [2.05, 4.69) is 41.4 Å². The van der Waals surface area contributed by atoms with Crippen LogP contribution >= 0.6 is 0 Å². The SMILES string of the molecule is CCCCN1C(=O)C(CC2CCCCC2)NC(=O)C12CCN(Cc1ccc(C(C)(C)N)cc1)CC2. The average Bonchev–Trinajstić information content (AvgIpc) is 2.84. The molecule has 3 aliphatic rings. The first-order chi connectivity index (χ1) is 16.7. The van der Waals surface area contributed by atoms with Crippen molar-refractivity contribution in [3.8, 4) is 0 Å². The van der Waals surface area contributed by atoms with Gasteiger partial charge in [-0.2, -0.15) is 0 Å². The van der Waals surface area contributed by atoms with Crippen molar-refractivity contribution in [3.05, 3.63) is 35.4 Å². The van der Waals surface area contributed by atoms with Crippen LogP contribution in [-0.2, 0) is 21.7 Å². The van der Waals surface area contributed by atoms with Crippen LogP contribution in [0.5, 0.6) is 0 Å². The molecule has 1 atom stereocenters. The van der Waals surface area contributed by atoms with Crippen LogP contribution in [0.3, 0.4) is 0 Å². The number of likely N-dealkylation sites (tertiary alicyclic amines) is 1. The van der Waals surface area contributed by atoms with Crippen LogP contribution < -0.4 is 11.1 Å². The van der Waals surface area contributed by atoms with Gasteiger partial charge in [0.2, 0.25) is 11.8 Å². The Morgan fingerprint density at radius 2 is 1.71 bits per heavy atom. The molecule has 35 heavy (non-hydrogen) atoms. The Balaban J connectivity index is 1.41. The number of piperidine rings is 1. The molecule has 6 nitrogen and oxygen atoms in total. The molecule has 1 aliphatic carbocycles. The molecule has 0 aromatic heterocycles. The van der Waals surface area contributed by atoms with Gasteiger partial charge in [0.15, 0.2) is 0 Å². The summed E-state index contributed by atoms with van der Waals surface area (Å²) in [5.74, 6) is 0.818. The van der Waals surface area contributed by atoms with Crippen LogP contribution in [-0.4, -0.2) is 52.8 Å². The predicted molar refractivity (Wildman–Crippen MR) is 141 cm³/mol. The minimum absolute atomic E-state index is 0.0863. The number of nitrogens with zero attached hydrogens (tertiary/aromatic N) is 2. The normalized spacial score (nSPS) is 24.1. The zero-order valence-electron chi connectivity index (χ0n) is 22.2. The Kier molecular flexibility index (Phi) is 8.22. The van der Waals surface area contributed by atoms with Crippen molar-refractivity contribution in [1.29, 1.82) is 0 Å². The van der Waals surface area contributed by atoms with Gasteiger partial charge in [-0.05, 0) is 56.6 Å². The molecule has 1 spiro atoms. The first-order valence-corrected chi connectivity index (χ1v) is 14.0. The molecule has 1 saturated carbocycles. The zero-order valence-corrected chi connectivity index (χ0v) is 22.2. The third-order valence-electron chi connectivity index (χ3n) is 8.63. The number of nitrogens with two attached hydrogens (primary N) is 1. The van der Waals surface area contributed by atoms with Crippen molar-refractivity contribution in [2.75, 3.05) is 19.6 Å². The molecule has 3 fully saturated rings. The number of hydrogen-bond donors (Lipinski definition) is 2. The number of nitrogens with one attached hydrogen (secondary N) is 1. The van der Waals surface area contributed by atoms with Gasteiger partial charge in [0.25, 0.3) is 0 Å². The van der Waals surface area contributed by atoms with E-state index in [0.29, 0.717) is 25.3 Å². The van der Waals surface area contributed by atoms with Crippen molar-refractivity contribution in [3.63, 3.8) is 0 Å². The van der Waals surface area contributed by atoms with Gasteiger partial charge in [-0.25, -0.2) is 0 Å². The number of benzene rings is 1. The third kappa shape index (κ3) is 5.91. The maximum absolute atomic E-state index is 13.7. The minimum atomic E-state index is -0.681. The molecule has 3 N–H and O–H groups in total. The lowest BCUT2D eigenvalue weighted by Gasteiger charge is -2.52. The van der Waals surface area contributed by atoms with Crippen LogP contribution in [0.25, 0.3) is 0 Å². The summed E-state index contributed by atoms with van der Waals surface area (Å²) in [5.41, 5.74) is 7.59. The standard InChI is InChI=1S/C29H46N4O2/c1-4-5-17-33-26(34)25(20-22-9-7-6-8-10-22)31-27(35)29(33)15-18-32(19-16-29)21-23-11-13-24(14-12-23)28(2,3)30/h11-14,22,25H,4-10,15-21,30H2,1-3H3,(H,31,35). The first-order valence-electron chi connectivity index (χ1n) is 14.0. The van der Waals surface area contributed by atoms with Gasteiger partial charge in [-0.3, -0.25) is 14.5 Å². The van der Waals surface area contributed by atoms with Crippen LogP contribution in [0.2, 0.25) is 0 Å². The van der Waals surface area contributed by atoms with E-state index in [1.165, 1.54) is 37.7 Å². The molecule has 1 unspecified atom stereocenters. The predicted octanol–water partition coefficient (Wildman–Crippen LogP) is 4.31. The van der Waals surface area contributed by atoms with Gasteiger partial charge in [0.05, 0.1) is 0 Å². The van der Waals surface area contributed by atoms with Crippen LogP contribution in [0.1, 0.15) is 96.1 Å². The van der Waals surface area contributed by atoms with Crippen molar-refractivity contribution >= 4 is 11.8 Å². The fraction of sp³-hybridized carbons (Fsp3) is 0.724. The zero-order chi connectivity index (χ0) is 25.1. The molecular weight excluding hydrogens is 436 g/mol. The quantitative estimate of drug-likeness (QED) is 0.579. The molecule has 1 aromatic rings. The van der Waals surface area contributed by atoms with Gasteiger partial charge < -0.3 is 16.0 Å². The summed E-state index contributed by atoms with van der Waals surface area (Å²) in [5, 5.41) is 3.20. The highest BCUT2D eigenvalue weighted by molar-refractivity contribution is 6.00. The summed E-state index contributed by atoms with van der Waals surface area (Å²) in [6, 6.07) is 8.22. The minimum Gasteiger partial charge on any atom is -0.342 e. The summed E-state index contributed by atoms with van der Waals surface area (Å²) in [6.07, 6.45) is 10.4. The van der Waals surface area contributed by atoms with E-state index >= 15 is 0 Å². The van der Waals surface area contributed by atoms with Crippen LogP contribution in [0.15, 0.2) is 24.3 Å². The number of hydrogen-bond acceptors (Lipinski definition) is 4. The third-order valence-corrected chi connectivity index (χ3v) is 8.63. The van der Waals surface area contributed by atoms with E-state index in [0.717, 1.165) is 44.5 Å². The van der Waals surface area contributed by atoms with Crippen molar-refractivity contribution < 1.29 is 9.59 Å². The summed E-state index contributed by atoms with van der Waals surface area (Å²) in [6.45, 7) is 9.39. The Labute approximate surface area is 212 Å². The van der Waals surface area contributed by atoms with E-state index in [9.17, 15) is 9.59 Å². The second-order valence-electron chi connectivity index (χ2n) is 11.8. The van der Waals surface area contributed by atoms with Crippen LogP contribution in [0.4, 0.5) is 0 Å². The Bertz CT molecular complexity index is 862. The number of rotatable bonds is 8. The Hall–Kier alpha value is -1.92. The van der Waals surface area contributed by atoms with E-state index in [1.807, 2.05) is 18.7 Å².